The van der Waals surface area contributed by atoms with E-state index in [2.05, 4.69) is 121 Å². The molecular formula is C25H22Cl2GeHf-2. The van der Waals surface area contributed by atoms with Crippen molar-refractivity contribution in [2.75, 3.05) is 0 Å². The number of halogens is 2. The summed E-state index contributed by atoms with van der Waals surface area (Å²) in [6.07, 6.45) is 0. The van der Waals surface area contributed by atoms with Gasteiger partial charge >= 0.3 is 71.8 Å². The topological polar surface area (TPSA) is 0 Å². The van der Waals surface area contributed by atoms with E-state index < -0.39 is 10.1 Å². The smallest absolute Gasteiger partial charge is 0.0809 e. The van der Waals surface area contributed by atoms with E-state index in [1.165, 1.54) is 42.8 Å². The third-order valence-corrected chi connectivity index (χ3v) is 12.2. The molecule has 0 aliphatic heterocycles. The van der Waals surface area contributed by atoms with Crippen LogP contribution in [0.4, 0.5) is 0 Å². The Morgan fingerprint density at radius 2 is 1.00 bits per heavy atom. The van der Waals surface area contributed by atoms with Gasteiger partial charge in [0.05, 0.1) is 0 Å². The molecule has 146 valence electrons. The van der Waals surface area contributed by atoms with E-state index in [-0.39, 0.29) is 24.8 Å². The summed E-state index contributed by atoms with van der Waals surface area (Å²) in [5.41, 5.74) is 0. The molecule has 5 aromatic rings. The van der Waals surface area contributed by atoms with Crippen molar-refractivity contribution in [1.29, 1.82) is 0 Å². The first-order chi connectivity index (χ1) is 13.2. The molecule has 0 unspecified atom stereocenters. The van der Waals surface area contributed by atoms with Crippen molar-refractivity contribution >= 4 is 36.0 Å². The van der Waals surface area contributed by atoms with Gasteiger partial charge in [-0.05, 0) is 0 Å². The Hall–Kier alpha value is -1.13. The number of hydrogen-bond donors (Lipinski definition) is 0. The number of rotatable bonds is 1. The van der Waals surface area contributed by atoms with Crippen LogP contribution in [-0.2, 0) is 21.3 Å². The van der Waals surface area contributed by atoms with Gasteiger partial charge < -0.3 is 24.8 Å². The SMILES string of the molecule is [CH3][Ge](=[Hf+2])[c]1ccccc1.[Cl-].[Cl-].c1ccc2[cH-]ccc2c1.c1ccc2[cH-]ccc2c1. The third kappa shape index (κ3) is 8.26. The van der Waals surface area contributed by atoms with E-state index in [9.17, 15) is 0 Å². The Morgan fingerprint density at radius 3 is 1.38 bits per heavy atom. The van der Waals surface area contributed by atoms with Crippen LogP contribution in [0.25, 0.3) is 21.5 Å². The minimum Gasteiger partial charge on any atom is -1.00 e. The first-order valence-electron chi connectivity index (χ1n) is 9.05. The molecule has 0 saturated carbocycles. The molecule has 0 atom stereocenters. The Morgan fingerprint density at radius 1 is 0.586 bits per heavy atom. The first kappa shape index (κ1) is 25.9. The van der Waals surface area contributed by atoms with Crippen LogP contribution in [0.5, 0.6) is 0 Å². The summed E-state index contributed by atoms with van der Waals surface area (Å²) in [7, 11) is -0.627. The summed E-state index contributed by atoms with van der Waals surface area (Å²) in [5, 5.41) is 5.32. The monoisotopic (exact) mass is 646 g/mol. The van der Waals surface area contributed by atoms with Crippen LogP contribution in [0.3, 0.4) is 0 Å². The van der Waals surface area contributed by atoms with Gasteiger partial charge in [-0.2, -0.15) is 35.0 Å². The van der Waals surface area contributed by atoms with Gasteiger partial charge in [0.15, 0.2) is 0 Å². The Bertz CT molecular complexity index is 987. The van der Waals surface area contributed by atoms with Gasteiger partial charge in [-0.1, -0.05) is 12.1 Å². The average molecular weight is 644 g/mol. The quantitative estimate of drug-likeness (QED) is 0.181. The maximum absolute atomic E-state index is 2.43. The zero-order valence-electron chi connectivity index (χ0n) is 16.2. The van der Waals surface area contributed by atoms with Crippen molar-refractivity contribution in [2.45, 2.75) is 5.76 Å². The molecule has 0 fully saturated rings. The minimum atomic E-state index is -0.627. The average Bonchev–Trinajstić information content (AvgIpc) is 3.39. The summed E-state index contributed by atoms with van der Waals surface area (Å²) in [5.74, 6) is 2.43. The van der Waals surface area contributed by atoms with Crippen LogP contribution in [0, 0.1) is 0 Å². The number of fused-ring (bicyclic) bond motifs is 2. The summed E-state index contributed by atoms with van der Waals surface area (Å²) in [4.78, 5) is 0. The second-order valence-electron chi connectivity index (χ2n) is 6.30. The van der Waals surface area contributed by atoms with Crippen LogP contribution in [0.1, 0.15) is 0 Å². The second kappa shape index (κ2) is 14.0. The van der Waals surface area contributed by atoms with E-state index in [1.54, 1.807) is 4.40 Å². The van der Waals surface area contributed by atoms with Gasteiger partial charge in [-0.25, -0.2) is 0 Å². The van der Waals surface area contributed by atoms with Gasteiger partial charge in [-0.15, -0.1) is 59.3 Å². The molecule has 0 N–H and O–H groups in total. The molecule has 0 aliphatic rings. The molecule has 0 bridgehead atoms. The maximum atomic E-state index is 2.43. The normalized spacial score (nSPS) is 9.21. The molecule has 0 heterocycles. The van der Waals surface area contributed by atoms with E-state index in [0.717, 1.165) is 0 Å². The Labute approximate surface area is 201 Å². The van der Waals surface area contributed by atoms with Crippen molar-refractivity contribution in [1.82, 2.24) is 0 Å². The van der Waals surface area contributed by atoms with Crippen molar-refractivity contribution in [3.8, 4) is 0 Å². The zero-order chi connectivity index (χ0) is 18.9. The summed E-state index contributed by atoms with van der Waals surface area (Å²) in [6.45, 7) is 0. The predicted octanol–water partition coefficient (Wildman–Crippen LogP) is 0.187. The minimum absolute atomic E-state index is 0. The predicted molar refractivity (Wildman–Crippen MR) is 117 cm³/mol. The van der Waals surface area contributed by atoms with Crippen molar-refractivity contribution in [3.63, 3.8) is 0 Å². The molecule has 5 aromatic carbocycles. The van der Waals surface area contributed by atoms with Gasteiger partial charge in [0.2, 0.25) is 0 Å². The van der Waals surface area contributed by atoms with Crippen molar-refractivity contribution in [2.24, 2.45) is 0 Å². The molecular weight excluding hydrogens is 622 g/mol. The van der Waals surface area contributed by atoms with Gasteiger partial charge in [0, 0.05) is 0 Å². The van der Waals surface area contributed by atoms with Gasteiger partial charge in [0.25, 0.3) is 0 Å². The first-order valence-corrected chi connectivity index (χ1v) is 22.6. The molecule has 0 saturated heterocycles. The molecule has 0 nitrogen and oxygen atoms in total. The van der Waals surface area contributed by atoms with Crippen LogP contribution in [0.2, 0.25) is 5.76 Å². The van der Waals surface area contributed by atoms with Crippen LogP contribution < -0.4 is 29.2 Å². The fourth-order valence-electron chi connectivity index (χ4n) is 2.83. The summed E-state index contributed by atoms with van der Waals surface area (Å²) >= 11 is 1.42. The van der Waals surface area contributed by atoms with Crippen LogP contribution in [-0.4, -0.2) is 10.1 Å². The number of hydrogen-bond acceptors (Lipinski definition) is 0. The zero-order valence-corrected chi connectivity index (χ0v) is 23.4. The second-order valence-corrected chi connectivity index (χ2v) is 24.1. The van der Waals surface area contributed by atoms with Gasteiger partial charge in [-0.3, -0.25) is 0 Å². The van der Waals surface area contributed by atoms with E-state index in [0.29, 0.717) is 0 Å². The van der Waals surface area contributed by atoms with E-state index in [1.807, 2.05) is 0 Å². The molecule has 0 radical (unpaired) electrons. The molecule has 5 rings (SSSR count). The molecule has 0 spiro atoms. The molecule has 29 heavy (non-hydrogen) atoms. The van der Waals surface area contributed by atoms with Crippen LogP contribution in [0.15, 0.2) is 115 Å². The molecule has 4 heteroatoms. The Balaban J connectivity index is 0.000000210. The fourth-order valence-corrected chi connectivity index (χ4v) is 7.39. The maximum Gasteiger partial charge on any atom is -0.0809 e. The fraction of sp³-hybridized carbons (Fsp3) is 0.0400. The summed E-state index contributed by atoms with van der Waals surface area (Å²) < 4.78 is 1.64. The van der Waals surface area contributed by atoms with Gasteiger partial charge in [0.1, 0.15) is 0 Å². The molecule has 0 amide bonds. The Kier molecular flexibility index (Phi) is 12.5. The van der Waals surface area contributed by atoms with Crippen LogP contribution >= 0.6 is 0 Å². The summed E-state index contributed by atoms with van der Waals surface area (Å²) in [6, 6.07) is 40.2. The largest absolute Gasteiger partial charge is 1.00 e. The molecule has 0 aromatic heterocycles. The standard InChI is InChI=1S/2C9H7.C7H8Ge.2ClH.Hf/c2*1-2-5-9-7-3-6-8(9)4-1;1-8-7-5-3-2-4-6-7;;;/h2*1-7H;2-6H,1H3;2*1H;/q2*-1;;;;+2/p-2. The molecule has 0 aliphatic carbocycles. The van der Waals surface area contributed by atoms with Crippen molar-refractivity contribution < 1.29 is 46.1 Å². The van der Waals surface area contributed by atoms with Crippen molar-refractivity contribution in [3.05, 3.63) is 115 Å². The van der Waals surface area contributed by atoms with E-state index >= 15 is 0 Å². The number of benzene rings is 3. The van der Waals surface area contributed by atoms with E-state index in [4.69, 9.17) is 0 Å². The third-order valence-electron chi connectivity index (χ3n) is 4.30.